The highest BCUT2D eigenvalue weighted by molar-refractivity contribution is 4.98. The average molecular weight is 241 g/mol. The Balaban J connectivity index is 3.00. The first-order valence-electron chi connectivity index (χ1n) is 6.97. The van der Waals surface area contributed by atoms with Gasteiger partial charge in [0.25, 0.3) is 0 Å². The van der Waals surface area contributed by atoms with E-state index in [0.29, 0.717) is 10.8 Å². The molecule has 2 nitrogen and oxygen atoms in total. The topological polar surface area (TPSA) is 12.5 Å². The van der Waals surface area contributed by atoms with Crippen LogP contribution < -0.4 is 0 Å². The van der Waals surface area contributed by atoms with Crippen LogP contribution >= 0.6 is 0 Å². The van der Waals surface area contributed by atoms with Crippen molar-refractivity contribution in [3.05, 3.63) is 0 Å². The molecule has 0 heterocycles. The average Bonchev–Trinajstić information content (AvgIpc) is 2.67. The van der Waals surface area contributed by atoms with Gasteiger partial charge >= 0.3 is 0 Å². The molecule has 2 heteroatoms. The molecule has 1 aliphatic rings. The van der Waals surface area contributed by atoms with Gasteiger partial charge in [-0.2, -0.15) is 0 Å². The molecule has 0 amide bonds. The summed E-state index contributed by atoms with van der Waals surface area (Å²) in [5.41, 5.74) is 0.587. The lowest BCUT2D eigenvalue weighted by molar-refractivity contribution is -0.0676. The van der Waals surface area contributed by atoms with E-state index in [-0.39, 0.29) is 0 Å². The van der Waals surface area contributed by atoms with Gasteiger partial charge in [-0.05, 0) is 38.3 Å². The lowest BCUT2D eigenvalue weighted by atomic mass is 9.59. The van der Waals surface area contributed by atoms with E-state index in [1.54, 1.807) is 0 Å². The molecule has 17 heavy (non-hydrogen) atoms. The molecule has 0 aromatic heterocycles. The fraction of sp³-hybridized carbons (Fsp3) is 1.00. The predicted molar refractivity (Wildman–Crippen MR) is 74.3 cm³/mol. The van der Waals surface area contributed by atoms with E-state index >= 15 is 0 Å². The van der Waals surface area contributed by atoms with Crippen LogP contribution in [0.1, 0.15) is 46.5 Å². The van der Waals surface area contributed by atoms with Crippen LogP contribution in [0.3, 0.4) is 0 Å². The molecule has 0 radical (unpaired) electrons. The summed E-state index contributed by atoms with van der Waals surface area (Å²) in [4.78, 5) is 2.34. The van der Waals surface area contributed by atoms with E-state index in [0.717, 1.165) is 19.1 Å². The van der Waals surface area contributed by atoms with Crippen LogP contribution in [0.25, 0.3) is 0 Å². The first-order chi connectivity index (χ1) is 7.83. The van der Waals surface area contributed by atoms with Crippen molar-refractivity contribution in [2.24, 2.45) is 16.7 Å². The molecule has 0 spiro atoms. The highest BCUT2D eigenvalue weighted by atomic mass is 16.5. The van der Waals surface area contributed by atoms with Gasteiger partial charge in [0.15, 0.2) is 0 Å². The Bertz CT molecular complexity index is 226. The van der Waals surface area contributed by atoms with Crippen molar-refractivity contribution >= 4 is 0 Å². The standard InChI is InChI=1S/C15H31NO/c1-14(2,3)15(12-17-6,11-16(4)5)13-9-7-8-10-13/h13H,7-12H2,1-6H3. The third-order valence-electron chi connectivity index (χ3n) is 4.63. The van der Waals surface area contributed by atoms with Crippen molar-refractivity contribution in [2.75, 3.05) is 34.4 Å². The SMILES string of the molecule is COCC(CN(C)C)(C1CCCC1)C(C)(C)C. The number of hydrogen-bond donors (Lipinski definition) is 0. The van der Waals surface area contributed by atoms with Crippen LogP contribution in [0.15, 0.2) is 0 Å². The van der Waals surface area contributed by atoms with Crippen molar-refractivity contribution < 1.29 is 4.74 Å². The molecular formula is C15H31NO. The zero-order chi connectivity index (χ0) is 13.1. The number of nitrogens with zero attached hydrogens (tertiary/aromatic N) is 1. The molecule has 1 fully saturated rings. The molecule has 1 saturated carbocycles. The normalized spacial score (nSPS) is 22.1. The molecule has 1 unspecified atom stereocenters. The van der Waals surface area contributed by atoms with Crippen LogP contribution in [0.4, 0.5) is 0 Å². The maximum Gasteiger partial charge on any atom is 0.0538 e. The van der Waals surface area contributed by atoms with Gasteiger partial charge in [0.1, 0.15) is 0 Å². The third kappa shape index (κ3) is 3.23. The van der Waals surface area contributed by atoms with Crippen LogP contribution in [0.2, 0.25) is 0 Å². The van der Waals surface area contributed by atoms with Gasteiger partial charge in [0, 0.05) is 19.1 Å². The molecule has 102 valence electrons. The first kappa shape index (κ1) is 15.0. The van der Waals surface area contributed by atoms with Gasteiger partial charge < -0.3 is 9.64 Å². The van der Waals surface area contributed by atoms with Crippen LogP contribution in [0, 0.1) is 16.7 Å². The van der Waals surface area contributed by atoms with Crippen LogP contribution in [0.5, 0.6) is 0 Å². The minimum Gasteiger partial charge on any atom is -0.384 e. The molecule has 0 saturated heterocycles. The second-order valence-electron chi connectivity index (χ2n) is 7.06. The van der Waals surface area contributed by atoms with Gasteiger partial charge in [0.05, 0.1) is 6.61 Å². The van der Waals surface area contributed by atoms with Crippen LogP contribution in [-0.4, -0.2) is 39.3 Å². The Morgan fingerprint density at radius 2 is 1.65 bits per heavy atom. The first-order valence-corrected chi connectivity index (χ1v) is 6.97. The Labute approximate surface area is 108 Å². The summed E-state index contributed by atoms with van der Waals surface area (Å²) >= 11 is 0. The van der Waals surface area contributed by atoms with Crippen molar-refractivity contribution in [2.45, 2.75) is 46.5 Å². The highest BCUT2D eigenvalue weighted by Crippen LogP contribution is 2.51. The summed E-state index contributed by atoms with van der Waals surface area (Å²) in [6, 6.07) is 0. The molecule has 1 atom stereocenters. The Kier molecular flexibility index (Phi) is 5.03. The van der Waals surface area contributed by atoms with Gasteiger partial charge in [0.2, 0.25) is 0 Å². The second-order valence-corrected chi connectivity index (χ2v) is 7.06. The lowest BCUT2D eigenvalue weighted by Crippen LogP contribution is -2.51. The van der Waals surface area contributed by atoms with E-state index < -0.39 is 0 Å². The van der Waals surface area contributed by atoms with Gasteiger partial charge in [-0.25, -0.2) is 0 Å². The summed E-state index contributed by atoms with van der Waals surface area (Å²) < 4.78 is 5.62. The zero-order valence-electron chi connectivity index (χ0n) is 12.7. The highest BCUT2D eigenvalue weighted by Gasteiger charge is 2.48. The van der Waals surface area contributed by atoms with Crippen LogP contribution in [-0.2, 0) is 4.74 Å². The summed E-state index contributed by atoms with van der Waals surface area (Å²) in [5, 5.41) is 0. The predicted octanol–water partition coefficient (Wildman–Crippen LogP) is 3.42. The molecule has 0 bridgehead atoms. The maximum atomic E-state index is 5.62. The van der Waals surface area contributed by atoms with Gasteiger partial charge in [-0.15, -0.1) is 0 Å². The van der Waals surface area contributed by atoms with E-state index in [1.807, 2.05) is 7.11 Å². The number of methoxy groups -OCH3 is 1. The smallest absolute Gasteiger partial charge is 0.0538 e. The molecule has 1 rings (SSSR count). The Morgan fingerprint density at radius 3 is 2.00 bits per heavy atom. The summed E-state index contributed by atoms with van der Waals surface area (Å²) in [7, 11) is 6.22. The van der Waals surface area contributed by atoms with E-state index in [4.69, 9.17) is 4.74 Å². The zero-order valence-corrected chi connectivity index (χ0v) is 12.7. The van der Waals surface area contributed by atoms with E-state index in [1.165, 1.54) is 25.7 Å². The molecular weight excluding hydrogens is 210 g/mol. The second kappa shape index (κ2) is 5.71. The van der Waals surface area contributed by atoms with Gasteiger partial charge in [-0.1, -0.05) is 33.6 Å². The minimum atomic E-state index is 0.293. The minimum absolute atomic E-state index is 0.293. The maximum absolute atomic E-state index is 5.62. The van der Waals surface area contributed by atoms with E-state index in [9.17, 15) is 0 Å². The van der Waals surface area contributed by atoms with Crippen molar-refractivity contribution in [1.29, 1.82) is 0 Å². The monoisotopic (exact) mass is 241 g/mol. The summed E-state index contributed by atoms with van der Waals surface area (Å²) in [6.07, 6.45) is 5.57. The summed E-state index contributed by atoms with van der Waals surface area (Å²) in [5.74, 6) is 0.824. The number of hydrogen-bond acceptors (Lipinski definition) is 2. The Hall–Kier alpha value is -0.0800. The van der Waals surface area contributed by atoms with Crippen molar-refractivity contribution in [1.82, 2.24) is 4.90 Å². The fourth-order valence-corrected chi connectivity index (χ4v) is 3.66. The largest absolute Gasteiger partial charge is 0.384 e. The third-order valence-corrected chi connectivity index (χ3v) is 4.63. The van der Waals surface area contributed by atoms with Crippen molar-refractivity contribution in [3.63, 3.8) is 0 Å². The number of ether oxygens (including phenoxy) is 1. The summed E-state index contributed by atoms with van der Waals surface area (Å²) in [6.45, 7) is 9.17. The molecule has 0 aliphatic heterocycles. The van der Waals surface area contributed by atoms with Gasteiger partial charge in [-0.3, -0.25) is 0 Å². The molecule has 0 aromatic carbocycles. The number of rotatable bonds is 5. The van der Waals surface area contributed by atoms with E-state index in [2.05, 4.69) is 39.8 Å². The Morgan fingerprint density at radius 1 is 1.12 bits per heavy atom. The fourth-order valence-electron chi connectivity index (χ4n) is 3.66. The quantitative estimate of drug-likeness (QED) is 0.731. The van der Waals surface area contributed by atoms with Crippen molar-refractivity contribution in [3.8, 4) is 0 Å². The molecule has 1 aliphatic carbocycles. The molecule has 0 N–H and O–H groups in total. The lowest BCUT2D eigenvalue weighted by Gasteiger charge is -2.50. The molecule has 0 aromatic rings.